The highest BCUT2D eigenvalue weighted by molar-refractivity contribution is 7.17. The minimum absolute atomic E-state index is 0.123. The fourth-order valence-corrected chi connectivity index (χ4v) is 4.84. The Kier molecular flexibility index (Phi) is 7.82. The summed E-state index contributed by atoms with van der Waals surface area (Å²) in [6.45, 7) is 5.24. The number of carboxylic acid groups (broad SMARTS) is 1. The van der Waals surface area contributed by atoms with Crippen LogP contribution in [0.3, 0.4) is 0 Å². The largest absolute Gasteiger partial charge is 0.477 e. The van der Waals surface area contributed by atoms with Crippen LogP contribution in [-0.4, -0.2) is 65.9 Å². The molecule has 9 nitrogen and oxygen atoms in total. The van der Waals surface area contributed by atoms with Gasteiger partial charge in [-0.05, 0) is 20.3 Å². The topological polar surface area (TPSA) is 117 Å². The normalized spacial score (nSPS) is 18.9. The Bertz CT molecular complexity index is 963. The number of anilines is 1. The molecule has 1 fully saturated rings. The van der Waals surface area contributed by atoms with Crippen molar-refractivity contribution in [3.8, 4) is 0 Å². The van der Waals surface area contributed by atoms with Gasteiger partial charge in [0.25, 0.3) is 5.91 Å². The maximum atomic E-state index is 12.8. The number of aryl methyl sites for hydroxylation is 1. The maximum Gasteiger partial charge on any atom is 0.347 e. The van der Waals surface area contributed by atoms with Crippen LogP contribution in [0, 0.1) is 6.92 Å². The second-order valence-corrected chi connectivity index (χ2v) is 8.81. The number of H-pyrrole nitrogens is 1. The van der Waals surface area contributed by atoms with Crippen molar-refractivity contribution in [3.63, 3.8) is 0 Å². The minimum atomic E-state index is -1.03. The van der Waals surface area contributed by atoms with Crippen LogP contribution in [0.4, 0.5) is 5.13 Å². The van der Waals surface area contributed by atoms with Crippen molar-refractivity contribution in [3.05, 3.63) is 32.0 Å². The number of thiazole rings is 1. The number of hydrogen-bond acceptors (Lipinski definition) is 7. The molecule has 2 atom stereocenters. The van der Waals surface area contributed by atoms with Crippen molar-refractivity contribution in [2.45, 2.75) is 39.0 Å². The first-order valence-corrected chi connectivity index (χ1v) is 11.3. The first kappa shape index (κ1) is 23.8. The Hall–Kier alpha value is -1.85. The number of piperidine rings is 1. The van der Waals surface area contributed by atoms with E-state index < -0.39 is 5.97 Å². The Morgan fingerprint density at radius 2 is 2.13 bits per heavy atom. The Labute approximate surface area is 193 Å². The lowest BCUT2D eigenvalue weighted by Crippen LogP contribution is -2.55. The van der Waals surface area contributed by atoms with E-state index >= 15 is 0 Å². The van der Waals surface area contributed by atoms with Crippen molar-refractivity contribution in [2.75, 3.05) is 31.7 Å². The highest BCUT2D eigenvalue weighted by Gasteiger charge is 2.34. The van der Waals surface area contributed by atoms with E-state index in [4.69, 9.17) is 32.7 Å². The number of nitrogens with zero attached hydrogens (tertiary/aromatic N) is 2. The number of carboxylic acids is 1. The van der Waals surface area contributed by atoms with Gasteiger partial charge in [0.2, 0.25) is 0 Å². The van der Waals surface area contributed by atoms with Gasteiger partial charge in [-0.1, -0.05) is 34.5 Å². The van der Waals surface area contributed by atoms with Gasteiger partial charge in [0.1, 0.15) is 10.6 Å². The second-order valence-electron chi connectivity index (χ2n) is 7.07. The first-order chi connectivity index (χ1) is 14.8. The number of aromatic amines is 1. The Balaban J connectivity index is 1.75. The van der Waals surface area contributed by atoms with Gasteiger partial charge in [-0.15, -0.1) is 0 Å². The summed E-state index contributed by atoms with van der Waals surface area (Å²) in [5.74, 6) is -1.39. The molecule has 0 unspecified atom stereocenters. The van der Waals surface area contributed by atoms with Crippen LogP contribution >= 0.6 is 34.5 Å². The molecule has 170 valence electrons. The van der Waals surface area contributed by atoms with E-state index in [0.29, 0.717) is 47.7 Å². The van der Waals surface area contributed by atoms with E-state index in [9.17, 15) is 14.7 Å². The number of ether oxygens (including phenoxy) is 2. The first-order valence-electron chi connectivity index (χ1n) is 9.69. The van der Waals surface area contributed by atoms with Crippen molar-refractivity contribution in [1.82, 2.24) is 15.3 Å². The summed E-state index contributed by atoms with van der Waals surface area (Å²) in [6.07, 6.45) is 0.277. The lowest BCUT2D eigenvalue weighted by molar-refractivity contribution is 0.0272. The molecule has 1 saturated heterocycles. The third-order valence-electron chi connectivity index (χ3n) is 4.97. The van der Waals surface area contributed by atoms with Gasteiger partial charge in [0.15, 0.2) is 5.13 Å². The highest BCUT2D eigenvalue weighted by atomic mass is 35.5. The van der Waals surface area contributed by atoms with E-state index in [2.05, 4.69) is 15.3 Å². The van der Waals surface area contributed by atoms with E-state index in [-0.39, 0.29) is 40.3 Å². The lowest BCUT2D eigenvalue weighted by Gasteiger charge is -2.38. The molecule has 3 heterocycles. The molecule has 31 heavy (non-hydrogen) atoms. The molecule has 2 aromatic rings. The lowest BCUT2D eigenvalue weighted by atomic mass is 10.0. The Morgan fingerprint density at radius 3 is 2.71 bits per heavy atom. The number of methoxy groups -OCH3 is 1. The van der Waals surface area contributed by atoms with Crippen molar-refractivity contribution in [1.29, 1.82) is 0 Å². The third-order valence-corrected chi connectivity index (χ3v) is 7.06. The molecule has 0 bridgehead atoms. The highest BCUT2D eigenvalue weighted by Crippen LogP contribution is 2.31. The SMILES string of the molecule is CCO[C@H]1CN(c2nc(COC)c(C(=O)O)s2)CC[C@H]1NC(=O)c1[nH]c(C)c(Cl)c1Cl. The molecule has 0 radical (unpaired) electrons. The van der Waals surface area contributed by atoms with Gasteiger partial charge >= 0.3 is 5.97 Å². The van der Waals surface area contributed by atoms with Crippen molar-refractivity contribution < 1.29 is 24.2 Å². The van der Waals surface area contributed by atoms with Crippen LogP contribution in [0.15, 0.2) is 0 Å². The molecule has 3 N–H and O–H groups in total. The van der Waals surface area contributed by atoms with Gasteiger partial charge < -0.3 is 29.8 Å². The molecule has 0 aliphatic carbocycles. The van der Waals surface area contributed by atoms with Crippen LogP contribution in [0.2, 0.25) is 10.0 Å². The average molecular weight is 491 g/mol. The number of carbonyl (C=O) groups is 2. The van der Waals surface area contributed by atoms with Gasteiger partial charge in [-0.3, -0.25) is 4.79 Å². The summed E-state index contributed by atoms with van der Waals surface area (Å²) >= 11 is 13.4. The summed E-state index contributed by atoms with van der Waals surface area (Å²) in [5, 5.41) is 13.5. The predicted octanol–water partition coefficient (Wildman–Crippen LogP) is 3.34. The summed E-state index contributed by atoms with van der Waals surface area (Å²) in [4.78, 5) is 33.8. The molecule has 12 heteroatoms. The number of aromatic nitrogens is 2. The quantitative estimate of drug-likeness (QED) is 0.519. The second kappa shape index (κ2) is 10.2. The van der Waals surface area contributed by atoms with E-state index in [1.54, 1.807) is 6.92 Å². The summed E-state index contributed by atoms with van der Waals surface area (Å²) < 4.78 is 11.0. The monoisotopic (exact) mass is 490 g/mol. The molecule has 3 rings (SSSR count). The minimum Gasteiger partial charge on any atom is -0.477 e. The summed E-state index contributed by atoms with van der Waals surface area (Å²) in [6, 6.07) is -0.250. The van der Waals surface area contributed by atoms with E-state index in [0.717, 1.165) is 11.3 Å². The molecule has 0 aromatic carbocycles. The van der Waals surface area contributed by atoms with Crippen LogP contribution in [0.5, 0.6) is 0 Å². The zero-order chi connectivity index (χ0) is 22.7. The summed E-state index contributed by atoms with van der Waals surface area (Å²) in [7, 11) is 1.50. The molecule has 1 aliphatic rings. The fraction of sp³-hybridized carbons (Fsp3) is 0.526. The maximum absolute atomic E-state index is 12.8. The van der Waals surface area contributed by atoms with Crippen LogP contribution in [0.25, 0.3) is 0 Å². The zero-order valence-corrected chi connectivity index (χ0v) is 19.7. The van der Waals surface area contributed by atoms with Crippen LogP contribution in [0.1, 0.15) is 44.9 Å². The van der Waals surface area contributed by atoms with Gasteiger partial charge in [-0.2, -0.15) is 0 Å². The number of nitrogens with one attached hydrogen (secondary N) is 2. The van der Waals surface area contributed by atoms with Crippen molar-refractivity contribution in [2.24, 2.45) is 0 Å². The number of hydrogen-bond donors (Lipinski definition) is 3. The van der Waals surface area contributed by atoms with Gasteiger partial charge in [-0.25, -0.2) is 9.78 Å². The molecule has 1 amide bonds. The average Bonchev–Trinajstić information content (AvgIpc) is 3.26. The molecule has 0 spiro atoms. The number of halogens is 2. The number of aromatic carboxylic acids is 1. The van der Waals surface area contributed by atoms with Crippen LogP contribution in [-0.2, 0) is 16.1 Å². The molecular formula is C19H24Cl2N4O5S. The van der Waals surface area contributed by atoms with Crippen molar-refractivity contribution >= 4 is 51.5 Å². The molecular weight excluding hydrogens is 467 g/mol. The standard InChI is InChI=1S/C19H24Cl2N4O5S/c1-4-30-12-7-25(19-24-11(8-29-3)16(31-19)18(27)28)6-5-10(12)23-17(26)15-14(21)13(20)9(2)22-15/h10,12,22H,4-8H2,1-3H3,(H,23,26)(H,27,28)/t10-,12+/m1/s1. The Morgan fingerprint density at radius 1 is 1.39 bits per heavy atom. The summed E-state index contributed by atoms with van der Waals surface area (Å²) in [5.41, 5.74) is 1.24. The predicted molar refractivity (Wildman–Crippen MR) is 119 cm³/mol. The van der Waals surface area contributed by atoms with E-state index in [1.165, 1.54) is 7.11 Å². The fourth-order valence-electron chi connectivity index (χ4n) is 3.48. The molecule has 2 aromatic heterocycles. The number of rotatable bonds is 8. The van der Waals surface area contributed by atoms with Crippen LogP contribution < -0.4 is 10.2 Å². The number of amides is 1. The zero-order valence-electron chi connectivity index (χ0n) is 17.3. The number of carbonyl (C=O) groups excluding carboxylic acids is 1. The van der Waals surface area contributed by atoms with E-state index in [1.807, 2.05) is 11.8 Å². The molecule has 1 aliphatic heterocycles. The van der Waals surface area contributed by atoms with Gasteiger partial charge in [0, 0.05) is 32.5 Å². The third kappa shape index (κ3) is 5.15. The van der Waals surface area contributed by atoms with Gasteiger partial charge in [0.05, 0.1) is 34.5 Å². The molecule has 0 saturated carbocycles. The smallest absolute Gasteiger partial charge is 0.347 e.